The summed E-state index contributed by atoms with van der Waals surface area (Å²) in [5.74, 6) is 0.441. The van der Waals surface area contributed by atoms with Crippen molar-refractivity contribution in [1.29, 1.82) is 0 Å². The average Bonchev–Trinajstić information content (AvgIpc) is 3.06. The third-order valence-corrected chi connectivity index (χ3v) is 4.82. The normalized spacial score (nSPS) is 11.4. The predicted octanol–water partition coefficient (Wildman–Crippen LogP) is 4.17. The first-order valence-electron chi connectivity index (χ1n) is 7.18. The summed E-state index contributed by atoms with van der Waals surface area (Å²) in [5, 5.41) is 5.67. The van der Waals surface area contributed by atoms with Gasteiger partial charge in [-0.1, -0.05) is 55.5 Å². The number of hydrogen-bond acceptors (Lipinski definition) is 4. The Morgan fingerprint density at radius 3 is 2.57 bits per heavy atom. The van der Waals surface area contributed by atoms with Crippen molar-refractivity contribution in [2.45, 2.75) is 32.6 Å². The average molecular weight is 299 g/mol. The molecule has 0 radical (unpaired) electrons. The zero-order valence-corrected chi connectivity index (χ0v) is 12.9. The molecule has 0 amide bonds. The lowest BCUT2D eigenvalue weighted by Gasteiger charge is -2.06. The van der Waals surface area contributed by atoms with Crippen LogP contribution in [0.4, 0.5) is 0 Å². The van der Waals surface area contributed by atoms with Crippen molar-refractivity contribution < 1.29 is 4.79 Å². The van der Waals surface area contributed by atoms with Crippen molar-refractivity contribution in [2.24, 2.45) is 0 Å². The Morgan fingerprint density at radius 1 is 1.24 bits per heavy atom. The molecule has 108 valence electrons. The fraction of sp³-hybridized carbons (Fsp3) is 0.312. The molecule has 21 heavy (non-hydrogen) atoms. The van der Waals surface area contributed by atoms with E-state index in [1.807, 2.05) is 30.3 Å². The Balaban J connectivity index is 2.13. The highest BCUT2D eigenvalue weighted by atomic mass is 32.1. The van der Waals surface area contributed by atoms with Gasteiger partial charge in [0, 0.05) is 11.5 Å². The monoisotopic (exact) mass is 299 g/mol. The highest BCUT2D eigenvalue weighted by Crippen LogP contribution is 2.31. The van der Waals surface area contributed by atoms with Crippen LogP contribution in [-0.2, 0) is 0 Å². The van der Waals surface area contributed by atoms with Gasteiger partial charge in [0.2, 0.25) is 4.96 Å². The molecule has 0 fully saturated rings. The second-order valence-electron chi connectivity index (χ2n) is 4.98. The van der Waals surface area contributed by atoms with Gasteiger partial charge in [0.15, 0.2) is 6.29 Å². The minimum Gasteiger partial charge on any atom is -0.296 e. The van der Waals surface area contributed by atoms with E-state index in [4.69, 9.17) is 0 Å². The molecule has 0 aliphatic heterocycles. The minimum atomic E-state index is 0.441. The first-order chi connectivity index (χ1) is 10.3. The van der Waals surface area contributed by atoms with E-state index in [1.54, 1.807) is 15.9 Å². The molecule has 0 aliphatic rings. The molecule has 0 saturated heterocycles. The number of rotatable bonds is 5. The molecule has 3 rings (SSSR count). The quantitative estimate of drug-likeness (QED) is 0.664. The van der Waals surface area contributed by atoms with Crippen LogP contribution in [-0.4, -0.2) is 20.9 Å². The van der Waals surface area contributed by atoms with Gasteiger partial charge in [-0.05, 0) is 12.8 Å². The molecule has 1 aromatic carbocycles. The first kappa shape index (κ1) is 13.9. The molecule has 2 aromatic heterocycles. The zero-order chi connectivity index (χ0) is 14.8. The van der Waals surface area contributed by atoms with Gasteiger partial charge in [0.05, 0.1) is 0 Å². The smallest absolute Gasteiger partial charge is 0.213 e. The first-order valence-corrected chi connectivity index (χ1v) is 8.00. The van der Waals surface area contributed by atoms with Gasteiger partial charge in [-0.25, -0.2) is 4.98 Å². The van der Waals surface area contributed by atoms with E-state index in [2.05, 4.69) is 23.9 Å². The summed E-state index contributed by atoms with van der Waals surface area (Å²) in [5.41, 5.74) is 2.19. The Labute approximate surface area is 127 Å². The van der Waals surface area contributed by atoms with Gasteiger partial charge < -0.3 is 0 Å². The summed E-state index contributed by atoms with van der Waals surface area (Å²) in [6.45, 7) is 4.32. The summed E-state index contributed by atoms with van der Waals surface area (Å²) >= 11 is 1.58. The van der Waals surface area contributed by atoms with E-state index in [-0.39, 0.29) is 0 Å². The largest absolute Gasteiger partial charge is 0.296 e. The van der Waals surface area contributed by atoms with E-state index >= 15 is 0 Å². The Hall–Kier alpha value is -2.01. The number of benzene rings is 1. The molecule has 0 saturated carbocycles. The molecule has 4 nitrogen and oxygen atoms in total. The number of fused-ring (bicyclic) bond motifs is 1. The number of aromatic nitrogens is 3. The number of imidazole rings is 1. The Morgan fingerprint density at radius 2 is 1.95 bits per heavy atom. The molecule has 0 N–H and O–H groups in total. The Kier molecular flexibility index (Phi) is 3.84. The number of nitrogens with zero attached hydrogens (tertiary/aromatic N) is 3. The Bertz CT molecular complexity index is 757. The maximum absolute atomic E-state index is 11.5. The minimum absolute atomic E-state index is 0.441. The molecular formula is C16H17N3OS. The van der Waals surface area contributed by atoms with Gasteiger partial charge in [-0.15, -0.1) is 0 Å². The third-order valence-electron chi connectivity index (χ3n) is 3.75. The van der Waals surface area contributed by atoms with Crippen molar-refractivity contribution in [3.8, 4) is 11.3 Å². The SMILES string of the molecule is CCC(CC)c1nn2c(C=O)c(-c3ccccc3)nc2s1. The topological polar surface area (TPSA) is 47.3 Å². The number of carbonyl (C=O) groups is 1. The van der Waals surface area contributed by atoms with Crippen molar-refractivity contribution in [3.63, 3.8) is 0 Å². The van der Waals surface area contributed by atoms with Gasteiger partial charge in [-0.2, -0.15) is 9.61 Å². The van der Waals surface area contributed by atoms with E-state index in [0.29, 0.717) is 17.3 Å². The maximum Gasteiger partial charge on any atom is 0.213 e. The molecule has 0 aliphatic carbocycles. The van der Waals surface area contributed by atoms with E-state index in [1.165, 1.54) is 0 Å². The molecular weight excluding hydrogens is 282 g/mol. The highest BCUT2D eigenvalue weighted by molar-refractivity contribution is 7.16. The molecule has 0 unspecified atom stereocenters. The van der Waals surface area contributed by atoms with Gasteiger partial charge >= 0.3 is 0 Å². The van der Waals surface area contributed by atoms with Gasteiger partial charge in [-0.3, -0.25) is 4.79 Å². The highest BCUT2D eigenvalue weighted by Gasteiger charge is 2.20. The van der Waals surface area contributed by atoms with Gasteiger partial charge in [0.25, 0.3) is 0 Å². The molecule has 5 heteroatoms. The van der Waals surface area contributed by atoms with Crippen LogP contribution in [0.2, 0.25) is 0 Å². The zero-order valence-electron chi connectivity index (χ0n) is 12.1. The van der Waals surface area contributed by atoms with Crippen LogP contribution in [0, 0.1) is 0 Å². The van der Waals surface area contributed by atoms with Crippen molar-refractivity contribution in [1.82, 2.24) is 14.6 Å². The van der Waals surface area contributed by atoms with Crippen LogP contribution in [0.15, 0.2) is 30.3 Å². The van der Waals surface area contributed by atoms with E-state index in [0.717, 1.165) is 34.7 Å². The summed E-state index contributed by atoms with van der Waals surface area (Å²) in [6, 6.07) is 9.76. The number of hydrogen-bond donors (Lipinski definition) is 0. The molecule has 0 atom stereocenters. The van der Waals surface area contributed by atoms with Crippen molar-refractivity contribution >= 4 is 22.6 Å². The second-order valence-corrected chi connectivity index (χ2v) is 5.97. The molecule has 3 aromatic rings. The predicted molar refractivity (Wildman–Crippen MR) is 85.0 cm³/mol. The van der Waals surface area contributed by atoms with Crippen LogP contribution in [0.25, 0.3) is 16.2 Å². The maximum atomic E-state index is 11.5. The molecule has 0 bridgehead atoms. The third kappa shape index (κ3) is 2.38. The van der Waals surface area contributed by atoms with Crippen LogP contribution in [0.1, 0.15) is 48.1 Å². The van der Waals surface area contributed by atoms with Crippen molar-refractivity contribution in [3.05, 3.63) is 41.0 Å². The fourth-order valence-electron chi connectivity index (χ4n) is 2.50. The lowest BCUT2D eigenvalue weighted by Crippen LogP contribution is -1.99. The summed E-state index contributed by atoms with van der Waals surface area (Å²) in [6.07, 6.45) is 2.95. The fourth-order valence-corrected chi connectivity index (χ4v) is 3.67. The summed E-state index contributed by atoms with van der Waals surface area (Å²) < 4.78 is 1.69. The van der Waals surface area contributed by atoms with E-state index < -0.39 is 0 Å². The number of carbonyl (C=O) groups excluding carboxylic acids is 1. The number of aldehydes is 1. The lowest BCUT2D eigenvalue weighted by molar-refractivity contribution is 0.111. The van der Waals surface area contributed by atoms with Gasteiger partial charge in [0.1, 0.15) is 16.4 Å². The van der Waals surface area contributed by atoms with Crippen LogP contribution in [0.5, 0.6) is 0 Å². The second kappa shape index (κ2) is 5.77. The van der Waals surface area contributed by atoms with Crippen LogP contribution in [0.3, 0.4) is 0 Å². The van der Waals surface area contributed by atoms with Crippen LogP contribution < -0.4 is 0 Å². The van der Waals surface area contributed by atoms with Crippen molar-refractivity contribution in [2.75, 3.05) is 0 Å². The van der Waals surface area contributed by atoms with Crippen LogP contribution >= 0.6 is 11.3 Å². The standard InChI is InChI=1S/C16H17N3OS/c1-3-11(4-2)15-18-19-13(10-20)14(17-16(19)21-15)12-8-6-5-7-9-12/h5-11H,3-4H2,1-2H3. The van der Waals surface area contributed by atoms with E-state index in [9.17, 15) is 4.79 Å². The lowest BCUT2D eigenvalue weighted by atomic mass is 10.1. The summed E-state index contributed by atoms with van der Waals surface area (Å²) in [7, 11) is 0. The summed E-state index contributed by atoms with van der Waals surface area (Å²) in [4.78, 5) is 16.9. The molecule has 2 heterocycles. The molecule has 0 spiro atoms.